The van der Waals surface area contributed by atoms with Gasteiger partial charge in [-0.3, -0.25) is 0 Å². The van der Waals surface area contributed by atoms with Crippen LogP contribution in [0.1, 0.15) is 11.3 Å². The van der Waals surface area contributed by atoms with Gasteiger partial charge < -0.3 is 4.42 Å². The van der Waals surface area contributed by atoms with E-state index in [9.17, 15) is 8.42 Å². The van der Waals surface area contributed by atoms with E-state index in [1.807, 2.05) is 6.92 Å². The van der Waals surface area contributed by atoms with Gasteiger partial charge in [-0.25, -0.2) is 13.1 Å². The Morgan fingerprint density at radius 3 is 2.65 bits per heavy atom. The summed E-state index contributed by atoms with van der Waals surface area (Å²) in [5.74, 6) is 0. The lowest BCUT2D eigenvalue weighted by Gasteiger charge is -2.00. The van der Waals surface area contributed by atoms with Crippen LogP contribution in [0.15, 0.2) is 24.7 Å². The number of anilines is 1. The lowest BCUT2D eigenvalue weighted by atomic mass is 10.4. The molecule has 0 saturated carbocycles. The van der Waals surface area contributed by atoms with Crippen LogP contribution in [0.2, 0.25) is 0 Å². The van der Waals surface area contributed by atoms with Crippen LogP contribution in [-0.4, -0.2) is 13.4 Å². The molecule has 0 aliphatic rings. The second-order valence-electron chi connectivity index (χ2n) is 3.42. The van der Waals surface area contributed by atoms with E-state index in [1.165, 1.54) is 6.26 Å². The highest BCUT2D eigenvalue weighted by Crippen LogP contribution is 2.31. The molecular formula is C9H9BrN2O3S2. The standard InChI is InChI=1S/C9H9BrN2O3S2/c1-5-3-7(16-8(5)10)17(13,14)12-9-11-6(2)4-15-9/h3-4H,1-2H3,(H,11,12). The molecule has 0 atom stereocenters. The Balaban J connectivity index is 2.31. The van der Waals surface area contributed by atoms with E-state index in [1.54, 1.807) is 13.0 Å². The van der Waals surface area contributed by atoms with Gasteiger partial charge in [0.15, 0.2) is 0 Å². The van der Waals surface area contributed by atoms with Crippen LogP contribution in [0.5, 0.6) is 0 Å². The second kappa shape index (κ2) is 4.43. The quantitative estimate of drug-likeness (QED) is 0.935. The van der Waals surface area contributed by atoms with Gasteiger partial charge in [-0.2, -0.15) is 4.98 Å². The van der Waals surface area contributed by atoms with Crippen molar-refractivity contribution in [2.45, 2.75) is 18.1 Å². The van der Waals surface area contributed by atoms with Gasteiger partial charge >= 0.3 is 6.01 Å². The Kier molecular flexibility index (Phi) is 3.28. The summed E-state index contributed by atoms with van der Waals surface area (Å²) in [6.07, 6.45) is 1.38. The van der Waals surface area contributed by atoms with Crippen molar-refractivity contribution in [3.8, 4) is 0 Å². The summed E-state index contributed by atoms with van der Waals surface area (Å²) in [4.78, 5) is 3.89. The third kappa shape index (κ3) is 2.70. The molecule has 2 aromatic heterocycles. The third-order valence-electron chi connectivity index (χ3n) is 1.94. The molecule has 0 bridgehead atoms. The van der Waals surface area contributed by atoms with Crippen LogP contribution in [-0.2, 0) is 10.0 Å². The van der Waals surface area contributed by atoms with E-state index >= 15 is 0 Å². The first-order valence-corrected chi connectivity index (χ1v) is 7.68. The van der Waals surface area contributed by atoms with Gasteiger partial charge in [-0.05, 0) is 41.4 Å². The molecule has 0 amide bonds. The summed E-state index contributed by atoms with van der Waals surface area (Å²) in [6.45, 7) is 3.54. The number of sulfonamides is 1. The fourth-order valence-electron chi connectivity index (χ4n) is 1.13. The van der Waals surface area contributed by atoms with Crippen molar-refractivity contribution in [3.05, 3.63) is 27.4 Å². The van der Waals surface area contributed by atoms with Crippen molar-refractivity contribution in [2.24, 2.45) is 0 Å². The molecule has 2 rings (SSSR count). The van der Waals surface area contributed by atoms with Gasteiger partial charge in [0, 0.05) is 0 Å². The molecule has 92 valence electrons. The monoisotopic (exact) mass is 336 g/mol. The summed E-state index contributed by atoms with van der Waals surface area (Å²) >= 11 is 4.43. The van der Waals surface area contributed by atoms with Crippen molar-refractivity contribution < 1.29 is 12.8 Å². The second-order valence-corrected chi connectivity index (χ2v) is 7.70. The third-order valence-corrected chi connectivity index (χ3v) is 5.87. The lowest BCUT2D eigenvalue weighted by molar-refractivity contribution is 0.570. The highest BCUT2D eigenvalue weighted by atomic mass is 79.9. The predicted molar refractivity (Wildman–Crippen MR) is 68.8 cm³/mol. The van der Waals surface area contributed by atoms with Gasteiger partial charge in [0.25, 0.3) is 10.0 Å². The van der Waals surface area contributed by atoms with Crippen LogP contribution in [0.25, 0.3) is 0 Å². The Labute approximate surface area is 111 Å². The molecular weight excluding hydrogens is 328 g/mol. The number of aryl methyl sites for hydroxylation is 2. The molecule has 0 unspecified atom stereocenters. The molecule has 0 aromatic carbocycles. The number of hydrogen-bond acceptors (Lipinski definition) is 5. The molecule has 2 heterocycles. The molecule has 0 spiro atoms. The number of nitrogens with one attached hydrogen (secondary N) is 1. The van der Waals surface area contributed by atoms with Crippen LogP contribution in [0.3, 0.4) is 0 Å². The van der Waals surface area contributed by atoms with Crippen LogP contribution in [0.4, 0.5) is 6.01 Å². The molecule has 0 radical (unpaired) electrons. The van der Waals surface area contributed by atoms with Crippen molar-refractivity contribution in [1.82, 2.24) is 4.98 Å². The van der Waals surface area contributed by atoms with E-state index in [2.05, 4.69) is 25.6 Å². The van der Waals surface area contributed by atoms with E-state index in [0.29, 0.717) is 5.69 Å². The summed E-state index contributed by atoms with van der Waals surface area (Å²) in [6, 6.07) is 1.57. The Hall–Kier alpha value is -0.860. The first kappa shape index (κ1) is 12.6. The van der Waals surface area contributed by atoms with E-state index in [0.717, 1.165) is 20.7 Å². The molecule has 17 heavy (non-hydrogen) atoms. The maximum Gasteiger partial charge on any atom is 0.309 e. The Bertz CT molecular complexity index is 626. The van der Waals surface area contributed by atoms with E-state index < -0.39 is 10.0 Å². The maximum atomic E-state index is 12.0. The zero-order valence-corrected chi connectivity index (χ0v) is 12.2. The van der Waals surface area contributed by atoms with Gasteiger partial charge in [0.05, 0.1) is 9.48 Å². The molecule has 8 heteroatoms. The van der Waals surface area contributed by atoms with Crippen molar-refractivity contribution in [3.63, 3.8) is 0 Å². The lowest BCUT2D eigenvalue weighted by Crippen LogP contribution is -2.11. The minimum atomic E-state index is -3.62. The van der Waals surface area contributed by atoms with Gasteiger partial charge in [-0.1, -0.05) is 0 Å². The smallest absolute Gasteiger partial charge is 0.309 e. The molecule has 0 saturated heterocycles. The van der Waals surface area contributed by atoms with Crippen molar-refractivity contribution in [1.29, 1.82) is 0 Å². The number of rotatable bonds is 3. The van der Waals surface area contributed by atoms with Gasteiger partial charge in [-0.15, -0.1) is 11.3 Å². The zero-order chi connectivity index (χ0) is 12.6. The molecule has 0 fully saturated rings. The fourth-order valence-corrected chi connectivity index (χ4v) is 4.29. The predicted octanol–water partition coefficient (Wildman–Crippen LogP) is 2.92. The molecule has 1 N–H and O–H groups in total. The molecule has 5 nitrogen and oxygen atoms in total. The first-order valence-electron chi connectivity index (χ1n) is 4.59. The number of oxazole rings is 1. The van der Waals surface area contributed by atoms with E-state index in [4.69, 9.17) is 4.42 Å². The minimum absolute atomic E-state index is 0.0234. The maximum absolute atomic E-state index is 12.0. The summed E-state index contributed by atoms with van der Waals surface area (Å²) in [5, 5.41) is 0. The number of nitrogens with zero attached hydrogens (tertiary/aromatic N) is 1. The Morgan fingerprint density at radius 1 is 1.47 bits per heavy atom. The minimum Gasteiger partial charge on any atom is -0.431 e. The summed E-state index contributed by atoms with van der Waals surface area (Å²) in [7, 11) is -3.62. The molecule has 0 aliphatic heterocycles. The number of aromatic nitrogens is 1. The number of hydrogen-bond donors (Lipinski definition) is 1. The normalized spacial score (nSPS) is 11.7. The first-order chi connectivity index (χ1) is 7.88. The zero-order valence-electron chi connectivity index (χ0n) is 9.02. The van der Waals surface area contributed by atoms with Crippen LogP contribution in [0, 0.1) is 13.8 Å². The average Bonchev–Trinajstić information content (AvgIpc) is 2.75. The number of halogens is 1. The fraction of sp³-hybridized carbons (Fsp3) is 0.222. The molecule has 0 aliphatic carbocycles. The van der Waals surface area contributed by atoms with Crippen molar-refractivity contribution >= 4 is 43.3 Å². The highest BCUT2D eigenvalue weighted by molar-refractivity contribution is 9.11. The largest absolute Gasteiger partial charge is 0.431 e. The van der Waals surface area contributed by atoms with Gasteiger partial charge in [0.2, 0.25) is 0 Å². The number of thiophene rings is 1. The van der Waals surface area contributed by atoms with Gasteiger partial charge in [0.1, 0.15) is 10.5 Å². The SMILES string of the molecule is Cc1coc(NS(=O)(=O)c2cc(C)c(Br)s2)n1. The topological polar surface area (TPSA) is 72.2 Å². The average molecular weight is 337 g/mol. The Morgan fingerprint density at radius 2 is 2.18 bits per heavy atom. The van der Waals surface area contributed by atoms with Crippen LogP contribution < -0.4 is 4.72 Å². The summed E-state index contributed by atoms with van der Waals surface area (Å²) < 4.78 is 32.2. The summed E-state index contributed by atoms with van der Waals surface area (Å²) in [5.41, 5.74) is 1.49. The highest BCUT2D eigenvalue weighted by Gasteiger charge is 2.20. The molecule has 2 aromatic rings. The van der Waals surface area contributed by atoms with Crippen LogP contribution >= 0.6 is 27.3 Å². The van der Waals surface area contributed by atoms with E-state index in [-0.39, 0.29) is 10.2 Å². The van der Waals surface area contributed by atoms with Crippen molar-refractivity contribution in [2.75, 3.05) is 4.72 Å².